The molecule has 1 aromatic carbocycles. The van der Waals surface area contributed by atoms with E-state index in [1.165, 1.54) is 0 Å². The molecular weight excluding hydrogens is 358 g/mol. The second-order valence-corrected chi connectivity index (χ2v) is 6.53. The van der Waals surface area contributed by atoms with Gasteiger partial charge in [0.15, 0.2) is 5.82 Å². The van der Waals surface area contributed by atoms with Crippen molar-refractivity contribution < 1.29 is 9.84 Å². The first-order chi connectivity index (χ1) is 13.8. The summed E-state index contributed by atoms with van der Waals surface area (Å²) in [5.41, 5.74) is 2.51. The molecule has 4 heterocycles. The van der Waals surface area contributed by atoms with Crippen molar-refractivity contribution in [2.24, 2.45) is 0 Å². The summed E-state index contributed by atoms with van der Waals surface area (Å²) in [6.45, 7) is 2.60. The highest BCUT2D eigenvalue weighted by molar-refractivity contribution is 5.93. The molecule has 0 bridgehead atoms. The lowest BCUT2D eigenvalue weighted by Crippen LogP contribution is -2.37. The average molecular weight is 377 g/mol. The molecular formula is C19H19N7O2. The molecule has 1 aliphatic rings. The van der Waals surface area contributed by atoms with Crippen LogP contribution < -0.4 is 4.90 Å². The summed E-state index contributed by atoms with van der Waals surface area (Å²) in [5.74, 6) is 1.66. The maximum absolute atomic E-state index is 9.33. The molecule has 142 valence electrons. The Labute approximate surface area is 160 Å². The number of imidazole rings is 1. The molecule has 9 heteroatoms. The molecule has 1 saturated heterocycles. The Morgan fingerprint density at radius 1 is 1.07 bits per heavy atom. The summed E-state index contributed by atoms with van der Waals surface area (Å²) in [4.78, 5) is 23.6. The number of morpholine rings is 1. The van der Waals surface area contributed by atoms with Gasteiger partial charge in [-0.15, -0.1) is 0 Å². The maximum atomic E-state index is 9.33. The largest absolute Gasteiger partial charge is 0.390 e. The van der Waals surface area contributed by atoms with Crippen LogP contribution in [0.3, 0.4) is 0 Å². The lowest BCUT2D eigenvalue weighted by molar-refractivity contribution is 0.122. The van der Waals surface area contributed by atoms with Crippen LogP contribution in [0.4, 0.5) is 5.95 Å². The van der Waals surface area contributed by atoms with Crippen LogP contribution in [-0.2, 0) is 11.3 Å². The molecule has 0 radical (unpaired) electrons. The standard InChI is InChI=1S/C19H19N7O2/c27-11-13-10-26(12-21-13)19-23-17(15-2-1-3-16-14(15)4-5-20-16)22-18(24-19)25-6-8-28-9-7-25/h1-5,10,12,20,27H,6-9,11H2. The van der Waals surface area contributed by atoms with E-state index >= 15 is 0 Å². The second kappa shape index (κ2) is 7.02. The van der Waals surface area contributed by atoms with E-state index in [-0.39, 0.29) is 6.61 Å². The Kier molecular flexibility index (Phi) is 4.22. The fourth-order valence-corrected chi connectivity index (χ4v) is 3.33. The zero-order valence-electron chi connectivity index (χ0n) is 15.1. The minimum absolute atomic E-state index is 0.135. The summed E-state index contributed by atoms with van der Waals surface area (Å²) < 4.78 is 7.16. The van der Waals surface area contributed by atoms with Crippen molar-refractivity contribution in [3.8, 4) is 17.3 Å². The van der Waals surface area contributed by atoms with Gasteiger partial charge in [0.25, 0.3) is 0 Å². The minimum atomic E-state index is -0.135. The van der Waals surface area contributed by atoms with Gasteiger partial charge in [0.1, 0.15) is 6.33 Å². The lowest BCUT2D eigenvalue weighted by Gasteiger charge is -2.27. The monoisotopic (exact) mass is 377 g/mol. The van der Waals surface area contributed by atoms with Crippen LogP contribution in [0.2, 0.25) is 0 Å². The third kappa shape index (κ3) is 3.00. The van der Waals surface area contributed by atoms with Crippen molar-refractivity contribution in [2.75, 3.05) is 31.2 Å². The number of aliphatic hydroxyl groups excluding tert-OH is 1. The summed E-state index contributed by atoms with van der Waals surface area (Å²) in [6, 6.07) is 8.02. The van der Waals surface area contributed by atoms with Crippen molar-refractivity contribution in [3.05, 3.63) is 48.7 Å². The van der Waals surface area contributed by atoms with E-state index in [1.807, 2.05) is 30.5 Å². The Bertz CT molecular complexity index is 1110. The van der Waals surface area contributed by atoms with Gasteiger partial charge in [-0.05, 0) is 12.1 Å². The van der Waals surface area contributed by atoms with Crippen molar-refractivity contribution in [3.63, 3.8) is 0 Å². The van der Waals surface area contributed by atoms with Crippen LogP contribution in [-0.4, -0.2) is 60.9 Å². The number of rotatable bonds is 4. The summed E-state index contributed by atoms with van der Waals surface area (Å²) >= 11 is 0. The van der Waals surface area contributed by atoms with Gasteiger partial charge in [0.05, 0.1) is 25.5 Å². The van der Waals surface area contributed by atoms with Crippen LogP contribution in [0, 0.1) is 0 Å². The van der Waals surface area contributed by atoms with E-state index in [0.717, 1.165) is 29.6 Å². The summed E-state index contributed by atoms with van der Waals surface area (Å²) in [5, 5.41) is 10.4. The first-order valence-electron chi connectivity index (χ1n) is 9.11. The van der Waals surface area contributed by atoms with Gasteiger partial charge in [-0.1, -0.05) is 12.1 Å². The van der Waals surface area contributed by atoms with E-state index in [0.29, 0.717) is 36.6 Å². The van der Waals surface area contributed by atoms with Gasteiger partial charge >= 0.3 is 0 Å². The highest BCUT2D eigenvalue weighted by atomic mass is 16.5. The topological polar surface area (TPSA) is 105 Å². The number of hydrogen-bond donors (Lipinski definition) is 2. The molecule has 28 heavy (non-hydrogen) atoms. The van der Waals surface area contributed by atoms with E-state index in [9.17, 15) is 5.11 Å². The van der Waals surface area contributed by atoms with Gasteiger partial charge in [0.2, 0.25) is 11.9 Å². The number of fused-ring (bicyclic) bond motifs is 1. The summed E-state index contributed by atoms with van der Waals surface area (Å²) in [7, 11) is 0. The number of aromatic amines is 1. The molecule has 4 aromatic rings. The van der Waals surface area contributed by atoms with Gasteiger partial charge in [-0.2, -0.15) is 15.0 Å². The normalized spacial score (nSPS) is 14.7. The van der Waals surface area contributed by atoms with Crippen LogP contribution in [0.1, 0.15) is 5.69 Å². The molecule has 2 N–H and O–H groups in total. The molecule has 0 aliphatic carbocycles. The highest BCUT2D eigenvalue weighted by Crippen LogP contribution is 2.27. The number of nitrogens with one attached hydrogen (secondary N) is 1. The number of ether oxygens (including phenoxy) is 1. The molecule has 0 spiro atoms. The smallest absolute Gasteiger partial charge is 0.240 e. The van der Waals surface area contributed by atoms with Gasteiger partial charge in [-0.25, -0.2) is 4.98 Å². The maximum Gasteiger partial charge on any atom is 0.240 e. The number of anilines is 1. The van der Waals surface area contributed by atoms with E-state index in [4.69, 9.17) is 14.7 Å². The molecule has 0 unspecified atom stereocenters. The molecule has 3 aromatic heterocycles. The van der Waals surface area contributed by atoms with Crippen LogP contribution >= 0.6 is 0 Å². The van der Waals surface area contributed by atoms with E-state index in [1.54, 1.807) is 17.1 Å². The predicted octanol–water partition coefficient (Wildman–Crippen LogP) is 1.53. The van der Waals surface area contributed by atoms with Crippen molar-refractivity contribution in [1.29, 1.82) is 0 Å². The fourth-order valence-electron chi connectivity index (χ4n) is 3.33. The number of hydrogen-bond acceptors (Lipinski definition) is 7. The first-order valence-corrected chi connectivity index (χ1v) is 9.11. The summed E-state index contributed by atoms with van der Waals surface area (Å²) in [6.07, 6.45) is 5.23. The number of benzene rings is 1. The third-order valence-electron chi connectivity index (χ3n) is 4.77. The molecule has 5 rings (SSSR count). The Morgan fingerprint density at radius 3 is 2.75 bits per heavy atom. The number of nitrogens with zero attached hydrogens (tertiary/aromatic N) is 6. The van der Waals surface area contributed by atoms with Crippen LogP contribution in [0.5, 0.6) is 0 Å². The average Bonchev–Trinajstić information content (AvgIpc) is 3.43. The fraction of sp³-hybridized carbons (Fsp3) is 0.263. The van der Waals surface area contributed by atoms with Gasteiger partial charge < -0.3 is 19.7 Å². The van der Waals surface area contributed by atoms with E-state index in [2.05, 4.69) is 19.9 Å². The highest BCUT2D eigenvalue weighted by Gasteiger charge is 2.19. The van der Waals surface area contributed by atoms with Gasteiger partial charge in [0, 0.05) is 41.9 Å². The Hall–Kier alpha value is -3.30. The number of H-pyrrole nitrogens is 1. The Morgan fingerprint density at radius 2 is 1.93 bits per heavy atom. The zero-order valence-corrected chi connectivity index (χ0v) is 15.1. The first kappa shape index (κ1) is 16.8. The third-order valence-corrected chi connectivity index (χ3v) is 4.77. The SMILES string of the molecule is OCc1cn(-c2nc(-c3cccc4[nH]ccc34)nc(N3CCOCC3)n2)cn1. The van der Waals surface area contributed by atoms with Crippen LogP contribution in [0.15, 0.2) is 43.0 Å². The lowest BCUT2D eigenvalue weighted by atomic mass is 10.1. The minimum Gasteiger partial charge on any atom is -0.390 e. The molecule has 1 fully saturated rings. The molecule has 1 aliphatic heterocycles. The quantitative estimate of drug-likeness (QED) is 0.556. The van der Waals surface area contributed by atoms with Gasteiger partial charge in [-0.3, -0.25) is 4.57 Å². The van der Waals surface area contributed by atoms with Crippen molar-refractivity contribution in [2.45, 2.75) is 6.61 Å². The second-order valence-electron chi connectivity index (χ2n) is 6.53. The zero-order chi connectivity index (χ0) is 18.9. The molecule has 0 atom stereocenters. The predicted molar refractivity (Wildman–Crippen MR) is 103 cm³/mol. The number of aromatic nitrogens is 6. The number of aliphatic hydroxyl groups is 1. The molecule has 9 nitrogen and oxygen atoms in total. The Balaban J connectivity index is 1.67. The van der Waals surface area contributed by atoms with E-state index < -0.39 is 0 Å². The van der Waals surface area contributed by atoms with Crippen molar-refractivity contribution >= 4 is 16.9 Å². The molecule has 0 amide bonds. The van der Waals surface area contributed by atoms with Crippen molar-refractivity contribution in [1.82, 2.24) is 29.5 Å². The van der Waals surface area contributed by atoms with Crippen LogP contribution in [0.25, 0.3) is 28.2 Å². The molecule has 0 saturated carbocycles.